The molecule has 1 aliphatic rings. The van der Waals surface area contributed by atoms with Crippen molar-refractivity contribution in [3.8, 4) is 11.4 Å². The van der Waals surface area contributed by atoms with E-state index in [1.54, 1.807) is 11.7 Å². The minimum Gasteiger partial charge on any atom is -0.329 e. The second-order valence-electron chi connectivity index (χ2n) is 5.98. The SMILES string of the molecule is O=C(c1cccc(C(F)(F)F)c1Cl)N1CCn2c(-c3cscn3)cnc2C1. The molecule has 4 rings (SSSR count). The van der Waals surface area contributed by atoms with Gasteiger partial charge in [0.25, 0.3) is 5.91 Å². The Hall–Kier alpha value is -2.39. The third-order valence-corrected chi connectivity index (χ3v) is 5.37. The Morgan fingerprint density at radius 3 is 2.74 bits per heavy atom. The first kappa shape index (κ1) is 18.0. The standard InChI is InChI=1S/C17H12ClF3N4OS/c18-15-10(2-1-3-11(15)17(19,20)21)16(26)24-4-5-25-13(6-22-14(25)7-24)12-8-27-9-23-12/h1-3,6,8-9H,4-5,7H2. The summed E-state index contributed by atoms with van der Waals surface area (Å²) in [5, 5.41) is 1.33. The van der Waals surface area contributed by atoms with Crippen molar-refractivity contribution in [2.45, 2.75) is 19.3 Å². The van der Waals surface area contributed by atoms with Crippen LogP contribution in [-0.2, 0) is 19.3 Å². The Morgan fingerprint density at radius 1 is 1.22 bits per heavy atom. The van der Waals surface area contributed by atoms with Gasteiger partial charge in [-0.05, 0) is 12.1 Å². The molecule has 0 aliphatic carbocycles. The highest BCUT2D eigenvalue weighted by Crippen LogP contribution is 2.37. The largest absolute Gasteiger partial charge is 0.417 e. The molecule has 0 saturated carbocycles. The Morgan fingerprint density at radius 2 is 2.04 bits per heavy atom. The number of rotatable bonds is 2. The van der Waals surface area contributed by atoms with E-state index in [9.17, 15) is 18.0 Å². The predicted octanol–water partition coefficient (Wildman–Crippen LogP) is 4.33. The monoisotopic (exact) mass is 412 g/mol. The van der Waals surface area contributed by atoms with E-state index in [-0.39, 0.29) is 12.1 Å². The number of hydrogen-bond acceptors (Lipinski definition) is 4. The van der Waals surface area contributed by atoms with Crippen LogP contribution in [0.2, 0.25) is 5.02 Å². The summed E-state index contributed by atoms with van der Waals surface area (Å²) in [5.41, 5.74) is 2.21. The molecule has 2 aromatic heterocycles. The summed E-state index contributed by atoms with van der Waals surface area (Å²) in [6.45, 7) is 1.01. The van der Waals surface area contributed by atoms with Crippen LogP contribution in [0, 0.1) is 0 Å². The molecule has 1 aromatic carbocycles. The van der Waals surface area contributed by atoms with Gasteiger partial charge in [0.05, 0.1) is 45.8 Å². The van der Waals surface area contributed by atoms with E-state index >= 15 is 0 Å². The summed E-state index contributed by atoms with van der Waals surface area (Å²) in [5.74, 6) is 0.108. The second-order valence-corrected chi connectivity index (χ2v) is 7.07. The molecule has 0 spiro atoms. The minimum absolute atomic E-state index is 0.161. The maximum atomic E-state index is 13.0. The quantitative estimate of drug-likeness (QED) is 0.629. The molecular formula is C17H12ClF3N4OS. The number of aromatic nitrogens is 3. The summed E-state index contributed by atoms with van der Waals surface area (Å²) in [4.78, 5) is 22.8. The van der Waals surface area contributed by atoms with Crippen molar-refractivity contribution in [1.29, 1.82) is 0 Å². The molecule has 3 heterocycles. The zero-order valence-electron chi connectivity index (χ0n) is 13.7. The van der Waals surface area contributed by atoms with Crippen molar-refractivity contribution in [3.63, 3.8) is 0 Å². The molecule has 140 valence electrons. The number of imidazole rings is 1. The van der Waals surface area contributed by atoms with Crippen LogP contribution in [0.5, 0.6) is 0 Å². The number of halogens is 4. The van der Waals surface area contributed by atoms with Gasteiger partial charge in [0, 0.05) is 18.5 Å². The zero-order valence-corrected chi connectivity index (χ0v) is 15.3. The van der Waals surface area contributed by atoms with Gasteiger partial charge in [-0.3, -0.25) is 4.79 Å². The van der Waals surface area contributed by atoms with Gasteiger partial charge in [-0.2, -0.15) is 13.2 Å². The molecule has 5 nitrogen and oxygen atoms in total. The Labute approximate surface area is 161 Å². The summed E-state index contributed by atoms with van der Waals surface area (Å²) >= 11 is 7.36. The van der Waals surface area contributed by atoms with Crippen LogP contribution in [0.1, 0.15) is 21.7 Å². The van der Waals surface area contributed by atoms with Crippen molar-refractivity contribution in [1.82, 2.24) is 19.4 Å². The summed E-state index contributed by atoms with van der Waals surface area (Å²) in [7, 11) is 0. The highest BCUT2D eigenvalue weighted by atomic mass is 35.5. The molecule has 27 heavy (non-hydrogen) atoms. The van der Waals surface area contributed by atoms with E-state index in [0.29, 0.717) is 18.9 Å². The van der Waals surface area contributed by atoms with E-state index in [1.807, 2.05) is 9.95 Å². The van der Waals surface area contributed by atoms with Crippen LogP contribution in [0.25, 0.3) is 11.4 Å². The van der Waals surface area contributed by atoms with Crippen LogP contribution in [0.4, 0.5) is 13.2 Å². The number of benzene rings is 1. The smallest absolute Gasteiger partial charge is 0.329 e. The molecule has 1 amide bonds. The second kappa shape index (κ2) is 6.65. The van der Waals surface area contributed by atoms with Crippen molar-refractivity contribution in [2.24, 2.45) is 0 Å². The lowest BCUT2D eigenvalue weighted by Crippen LogP contribution is -2.38. The molecule has 0 N–H and O–H groups in total. The highest BCUT2D eigenvalue weighted by molar-refractivity contribution is 7.07. The molecule has 0 bridgehead atoms. The van der Waals surface area contributed by atoms with E-state index in [4.69, 9.17) is 11.6 Å². The Kier molecular flexibility index (Phi) is 4.43. The Balaban J connectivity index is 1.61. The summed E-state index contributed by atoms with van der Waals surface area (Å²) in [6.07, 6.45) is -2.93. The number of carbonyl (C=O) groups is 1. The number of carbonyl (C=O) groups excluding carboxylic acids is 1. The fraction of sp³-hybridized carbons (Fsp3) is 0.235. The topological polar surface area (TPSA) is 51.0 Å². The maximum Gasteiger partial charge on any atom is 0.417 e. The van der Waals surface area contributed by atoms with Crippen LogP contribution in [0.3, 0.4) is 0 Å². The normalized spacial score (nSPS) is 14.3. The highest BCUT2D eigenvalue weighted by Gasteiger charge is 2.35. The lowest BCUT2D eigenvalue weighted by molar-refractivity contribution is -0.137. The Bertz CT molecular complexity index is 1000. The lowest BCUT2D eigenvalue weighted by Gasteiger charge is -2.29. The molecule has 0 saturated heterocycles. The molecule has 0 radical (unpaired) electrons. The molecule has 0 unspecified atom stereocenters. The van der Waals surface area contributed by atoms with Crippen molar-refractivity contribution >= 4 is 28.8 Å². The summed E-state index contributed by atoms with van der Waals surface area (Å²) in [6, 6.07) is 3.36. The van der Waals surface area contributed by atoms with Crippen LogP contribution in [0.15, 0.2) is 35.3 Å². The zero-order chi connectivity index (χ0) is 19.2. The van der Waals surface area contributed by atoms with Gasteiger partial charge < -0.3 is 9.47 Å². The average molecular weight is 413 g/mol. The third-order valence-electron chi connectivity index (χ3n) is 4.38. The first-order valence-electron chi connectivity index (χ1n) is 7.94. The lowest BCUT2D eigenvalue weighted by atomic mass is 10.1. The number of thiazole rings is 1. The van der Waals surface area contributed by atoms with Gasteiger partial charge in [0.15, 0.2) is 0 Å². The van der Waals surface area contributed by atoms with Gasteiger partial charge in [0.2, 0.25) is 0 Å². The first-order chi connectivity index (χ1) is 12.9. The number of alkyl halides is 3. The molecule has 10 heteroatoms. The van der Waals surface area contributed by atoms with Crippen molar-refractivity contribution in [2.75, 3.05) is 6.54 Å². The van der Waals surface area contributed by atoms with Gasteiger partial charge in [0.1, 0.15) is 5.82 Å². The van der Waals surface area contributed by atoms with Crippen LogP contribution >= 0.6 is 22.9 Å². The van der Waals surface area contributed by atoms with E-state index in [0.717, 1.165) is 17.5 Å². The maximum absolute atomic E-state index is 13.0. The molecule has 3 aromatic rings. The number of hydrogen-bond donors (Lipinski definition) is 0. The van der Waals surface area contributed by atoms with E-state index < -0.39 is 22.7 Å². The molecular weight excluding hydrogens is 401 g/mol. The van der Waals surface area contributed by atoms with E-state index in [2.05, 4.69) is 9.97 Å². The van der Waals surface area contributed by atoms with Gasteiger partial charge in [-0.1, -0.05) is 17.7 Å². The van der Waals surface area contributed by atoms with Gasteiger partial charge in [-0.25, -0.2) is 9.97 Å². The fourth-order valence-corrected chi connectivity index (χ4v) is 3.92. The van der Waals surface area contributed by atoms with E-state index in [1.165, 1.54) is 28.4 Å². The third kappa shape index (κ3) is 3.21. The van der Waals surface area contributed by atoms with Crippen molar-refractivity contribution < 1.29 is 18.0 Å². The molecule has 1 aliphatic heterocycles. The van der Waals surface area contributed by atoms with Gasteiger partial charge >= 0.3 is 6.18 Å². The predicted molar refractivity (Wildman–Crippen MR) is 94.5 cm³/mol. The molecule has 0 fully saturated rings. The number of fused-ring (bicyclic) bond motifs is 1. The molecule has 0 atom stereocenters. The summed E-state index contributed by atoms with van der Waals surface area (Å²) < 4.78 is 41.1. The first-order valence-corrected chi connectivity index (χ1v) is 9.26. The van der Waals surface area contributed by atoms with Crippen LogP contribution < -0.4 is 0 Å². The van der Waals surface area contributed by atoms with Crippen molar-refractivity contribution in [3.05, 3.63) is 57.3 Å². The van der Waals surface area contributed by atoms with Crippen LogP contribution in [-0.4, -0.2) is 31.9 Å². The van der Waals surface area contributed by atoms with Gasteiger partial charge in [-0.15, -0.1) is 11.3 Å². The minimum atomic E-state index is -4.62. The number of nitrogens with zero attached hydrogens (tertiary/aromatic N) is 4. The number of amides is 1. The average Bonchev–Trinajstić information content (AvgIpc) is 3.29. The fourth-order valence-electron chi connectivity index (χ4n) is 3.06.